The lowest BCUT2D eigenvalue weighted by Crippen LogP contribution is -2.24. The second kappa shape index (κ2) is 4.71. The summed E-state index contributed by atoms with van der Waals surface area (Å²) in [5.74, 6) is -0.350. The van der Waals surface area contributed by atoms with Crippen molar-refractivity contribution in [1.29, 1.82) is 0 Å². The fraction of sp³-hybridized carbons (Fsp3) is 0. The SMILES string of the molecule is NC(=O)NN=Cc1ccc(F)cc1Br. The molecule has 0 aliphatic rings. The first-order valence-corrected chi connectivity index (χ1v) is 4.42. The Morgan fingerprint density at radius 2 is 2.36 bits per heavy atom. The highest BCUT2D eigenvalue weighted by molar-refractivity contribution is 9.10. The Balaban J connectivity index is 2.76. The molecule has 1 rings (SSSR count). The Morgan fingerprint density at radius 3 is 2.93 bits per heavy atom. The monoisotopic (exact) mass is 259 g/mol. The summed E-state index contributed by atoms with van der Waals surface area (Å²) in [5, 5.41) is 3.53. The van der Waals surface area contributed by atoms with E-state index in [0.29, 0.717) is 10.0 Å². The van der Waals surface area contributed by atoms with E-state index in [1.165, 1.54) is 24.4 Å². The molecule has 0 spiro atoms. The molecule has 2 amide bonds. The number of amides is 2. The molecule has 0 saturated carbocycles. The Hall–Kier alpha value is -1.43. The van der Waals surface area contributed by atoms with Crippen molar-refractivity contribution < 1.29 is 9.18 Å². The number of nitrogens with zero attached hydrogens (tertiary/aromatic N) is 1. The van der Waals surface area contributed by atoms with Crippen LogP contribution in [0, 0.1) is 5.82 Å². The van der Waals surface area contributed by atoms with Gasteiger partial charge in [-0.2, -0.15) is 5.10 Å². The molecule has 6 heteroatoms. The van der Waals surface area contributed by atoms with E-state index in [0.717, 1.165) is 0 Å². The van der Waals surface area contributed by atoms with E-state index in [4.69, 9.17) is 5.73 Å². The summed E-state index contributed by atoms with van der Waals surface area (Å²) in [6.45, 7) is 0. The highest BCUT2D eigenvalue weighted by Crippen LogP contribution is 2.15. The van der Waals surface area contributed by atoms with Gasteiger partial charge < -0.3 is 5.73 Å². The minimum Gasteiger partial charge on any atom is -0.350 e. The van der Waals surface area contributed by atoms with E-state index in [-0.39, 0.29) is 5.82 Å². The molecule has 1 aromatic rings. The number of hydrogen-bond donors (Lipinski definition) is 2. The summed E-state index contributed by atoms with van der Waals surface area (Å²) in [7, 11) is 0. The maximum Gasteiger partial charge on any atom is 0.332 e. The number of nitrogens with two attached hydrogens (primary N) is 1. The molecule has 1 aromatic carbocycles. The summed E-state index contributed by atoms with van der Waals surface area (Å²) in [4.78, 5) is 10.3. The Bertz CT molecular complexity index is 381. The van der Waals surface area contributed by atoms with Crippen LogP contribution in [0.25, 0.3) is 0 Å². The van der Waals surface area contributed by atoms with Crippen LogP contribution in [-0.4, -0.2) is 12.2 Å². The minimum atomic E-state index is -0.750. The third-order valence-electron chi connectivity index (χ3n) is 1.34. The lowest BCUT2D eigenvalue weighted by atomic mass is 10.2. The molecule has 0 heterocycles. The van der Waals surface area contributed by atoms with E-state index in [2.05, 4.69) is 21.0 Å². The normalized spacial score (nSPS) is 10.4. The van der Waals surface area contributed by atoms with Crippen molar-refractivity contribution in [2.24, 2.45) is 10.8 Å². The molecule has 0 aliphatic heterocycles. The van der Waals surface area contributed by atoms with Crippen molar-refractivity contribution in [1.82, 2.24) is 5.43 Å². The molecule has 0 saturated heterocycles. The third kappa shape index (κ3) is 3.14. The molecule has 74 valence electrons. The lowest BCUT2D eigenvalue weighted by molar-refractivity contribution is 0.249. The zero-order chi connectivity index (χ0) is 10.6. The van der Waals surface area contributed by atoms with Gasteiger partial charge in [0.05, 0.1) is 6.21 Å². The van der Waals surface area contributed by atoms with Gasteiger partial charge in [0.1, 0.15) is 5.82 Å². The topological polar surface area (TPSA) is 67.5 Å². The van der Waals surface area contributed by atoms with Crippen LogP contribution >= 0.6 is 15.9 Å². The molecule has 3 N–H and O–H groups in total. The zero-order valence-electron chi connectivity index (χ0n) is 7.00. The number of carbonyl (C=O) groups excluding carboxylic acids is 1. The smallest absolute Gasteiger partial charge is 0.332 e. The molecular weight excluding hydrogens is 253 g/mol. The number of hydrogen-bond acceptors (Lipinski definition) is 2. The molecule has 0 fully saturated rings. The second-order valence-electron chi connectivity index (χ2n) is 2.40. The molecule has 0 radical (unpaired) electrons. The average molecular weight is 260 g/mol. The van der Waals surface area contributed by atoms with Crippen molar-refractivity contribution in [3.05, 3.63) is 34.1 Å². The van der Waals surface area contributed by atoms with E-state index >= 15 is 0 Å². The number of benzene rings is 1. The Labute approximate surface area is 88.1 Å². The van der Waals surface area contributed by atoms with Crippen molar-refractivity contribution in [2.45, 2.75) is 0 Å². The zero-order valence-corrected chi connectivity index (χ0v) is 8.58. The maximum atomic E-state index is 12.6. The van der Waals surface area contributed by atoms with Crippen LogP contribution in [0.2, 0.25) is 0 Å². The van der Waals surface area contributed by atoms with Gasteiger partial charge in [-0.1, -0.05) is 15.9 Å². The number of primary amides is 1. The number of urea groups is 1. The maximum absolute atomic E-state index is 12.6. The quantitative estimate of drug-likeness (QED) is 0.615. The highest BCUT2D eigenvalue weighted by atomic mass is 79.9. The standard InChI is InChI=1S/C8H7BrFN3O/c9-7-3-6(10)2-1-5(7)4-12-13-8(11)14/h1-4H,(H3,11,13,14). The first-order valence-electron chi connectivity index (χ1n) is 3.63. The second-order valence-corrected chi connectivity index (χ2v) is 3.25. The van der Waals surface area contributed by atoms with Crippen LogP contribution in [0.5, 0.6) is 0 Å². The molecule has 4 nitrogen and oxygen atoms in total. The van der Waals surface area contributed by atoms with E-state index in [9.17, 15) is 9.18 Å². The van der Waals surface area contributed by atoms with Crippen molar-refractivity contribution in [2.75, 3.05) is 0 Å². The summed E-state index contributed by atoms with van der Waals surface area (Å²) in [6, 6.07) is 3.35. The van der Waals surface area contributed by atoms with Gasteiger partial charge >= 0.3 is 6.03 Å². The summed E-state index contributed by atoms with van der Waals surface area (Å²) in [5.41, 5.74) is 7.45. The Morgan fingerprint density at radius 1 is 1.64 bits per heavy atom. The van der Waals surface area contributed by atoms with Gasteiger partial charge in [-0.3, -0.25) is 0 Å². The van der Waals surface area contributed by atoms with Crippen LogP contribution in [0.1, 0.15) is 5.56 Å². The van der Waals surface area contributed by atoms with E-state index in [1.807, 2.05) is 5.43 Å². The fourth-order valence-electron chi connectivity index (χ4n) is 0.772. The molecule has 0 bridgehead atoms. The number of carbonyl (C=O) groups is 1. The van der Waals surface area contributed by atoms with Crippen LogP contribution in [0.3, 0.4) is 0 Å². The highest BCUT2D eigenvalue weighted by Gasteiger charge is 1.98. The van der Waals surface area contributed by atoms with E-state index in [1.54, 1.807) is 0 Å². The molecule has 0 aliphatic carbocycles. The predicted molar refractivity (Wildman–Crippen MR) is 54.4 cm³/mol. The first kappa shape index (κ1) is 10.6. The van der Waals surface area contributed by atoms with Gasteiger partial charge in [0.25, 0.3) is 0 Å². The fourth-order valence-corrected chi connectivity index (χ4v) is 1.22. The van der Waals surface area contributed by atoms with Crippen LogP contribution in [0.15, 0.2) is 27.8 Å². The van der Waals surface area contributed by atoms with Gasteiger partial charge in [-0.05, 0) is 18.2 Å². The molecule has 0 atom stereocenters. The number of rotatable bonds is 2. The molecular formula is C8H7BrFN3O. The molecule has 0 unspecified atom stereocenters. The lowest BCUT2D eigenvalue weighted by Gasteiger charge is -1.97. The van der Waals surface area contributed by atoms with Crippen LogP contribution < -0.4 is 11.2 Å². The van der Waals surface area contributed by atoms with Gasteiger partial charge in [-0.25, -0.2) is 14.6 Å². The summed E-state index contributed by atoms with van der Waals surface area (Å²) >= 11 is 3.14. The molecule has 0 aromatic heterocycles. The predicted octanol–water partition coefficient (Wildman–Crippen LogP) is 1.59. The number of hydrazone groups is 1. The van der Waals surface area contributed by atoms with Crippen molar-refractivity contribution in [3.63, 3.8) is 0 Å². The first-order chi connectivity index (χ1) is 6.59. The largest absolute Gasteiger partial charge is 0.350 e. The minimum absolute atomic E-state index is 0.350. The third-order valence-corrected chi connectivity index (χ3v) is 2.03. The number of nitrogens with one attached hydrogen (secondary N) is 1. The van der Waals surface area contributed by atoms with Crippen LogP contribution in [-0.2, 0) is 0 Å². The van der Waals surface area contributed by atoms with Gasteiger partial charge in [-0.15, -0.1) is 0 Å². The van der Waals surface area contributed by atoms with E-state index < -0.39 is 6.03 Å². The molecule has 14 heavy (non-hydrogen) atoms. The summed E-state index contributed by atoms with van der Waals surface area (Å²) < 4.78 is 13.2. The van der Waals surface area contributed by atoms with Crippen molar-refractivity contribution >= 4 is 28.2 Å². The van der Waals surface area contributed by atoms with Crippen LogP contribution in [0.4, 0.5) is 9.18 Å². The van der Waals surface area contributed by atoms with Crippen molar-refractivity contribution in [3.8, 4) is 0 Å². The van der Waals surface area contributed by atoms with Gasteiger partial charge in [0.15, 0.2) is 0 Å². The van der Waals surface area contributed by atoms with Gasteiger partial charge in [0, 0.05) is 10.0 Å². The number of halogens is 2. The average Bonchev–Trinajstić information content (AvgIpc) is 2.08. The summed E-state index contributed by atoms with van der Waals surface area (Å²) in [6.07, 6.45) is 1.36. The van der Waals surface area contributed by atoms with Gasteiger partial charge in [0.2, 0.25) is 0 Å². The Kier molecular flexibility index (Phi) is 3.58.